The molecule has 0 saturated heterocycles. The van der Waals surface area contributed by atoms with Gasteiger partial charge in [0.2, 0.25) is 0 Å². The average molecular weight is 320 g/mol. The van der Waals surface area contributed by atoms with Crippen LogP contribution in [-0.4, -0.2) is 18.6 Å². The number of hydrogen-bond acceptors (Lipinski definition) is 2. The predicted molar refractivity (Wildman–Crippen MR) is 73.2 cm³/mol. The van der Waals surface area contributed by atoms with Gasteiger partial charge in [-0.05, 0) is 29.8 Å². The normalized spacial score (nSPS) is 11.4. The largest absolute Gasteiger partial charge is 0.405 e. The molecule has 106 valence electrons. The summed E-state index contributed by atoms with van der Waals surface area (Å²) < 4.78 is 36.0. The number of carbonyl (C=O) groups is 1. The van der Waals surface area contributed by atoms with E-state index >= 15 is 0 Å². The van der Waals surface area contributed by atoms with E-state index in [1.54, 1.807) is 30.3 Å². The van der Waals surface area contributed by atoms with Crippen molar-refractivity contribution in [3.8, 4) is 10.4 Å². The monoisotopic (exact) mass is 319 g/mol. The lowest BCUT2D eigenvalue weighted by molar-refractivity contribution is -0.123. The van der Waals surface area contributed by atoms with E-state index in [0.29, 0.717) is 5.02 Å². The van der Waals surface area contributed by atoms with Crippen molar-refractivity contribution in [2.24, 2.45) is 0 Å². The van der Waals surface area contributed by atoms with Gasteiger partial charge in [0.1, 0.15) is 6.54 Å². The number of carbonyl (C=O) groups excluding carboxylic acids is 1. The van der Waals surface area contributed by atoms with Crippen LogP contribution >= 0.6 is 22.9 Å². The first-order valence-electron chi connectivity index (χ1n) is 5.56. The number of rotatable bonds is 3. The fourth-order valence-corrected chi connectivity index (χ4v) is 2.55. The Morgan fingerprint density at radius 3 is 2.40 bits per heavy atom. The van der Waals surface area contributed by atoms with Crippen molar-refractivity contribution in [2.45, 2.75) is 6.18 Å². The predicted octanol–water partition coefficient (Wildman–Crippen LogP) is 4.36. The topological polar surface area (TPSA) is 29.1 Å². The van der Waals surface area contributed by atoms with Crippen LogP contribution in [0.3, 0.4) is 0 Å². The first-order chi connectivity index (χ1) is 9.35. The van der Waals surface area contributed by atoms with Gasteiger partial charge in [0.05, 0.1) is 4.88 Å². The van der Waals surface area contributed by atoms with Crippen LogP contribution in [0.4, 0.5) is 13.2 Å². The maximum absolute atomic E-state index is 12.0. The zero-order chi connectivity index (χ0) is 14.8. The summed E-state index contributed by atoms with van der Waals surface area (Å²) in [4.78, 5) is 12.6. The smallest absolute Gasteiger partial charge is 0.342 e. The maximum Gasteiger partial charge on any atom is 0.405 e. The number of alkyl halides is 3. The molecule has 2 nitrogen and oxygen atoms in total. The number of halogens is 4. The average Bonchev–Trinajstić information content (AvgIpc) is 2.85. The molecule has 0 bridgehead atoms. The maximum atomic E-state index is 12.0. The van der Waals surface area contributed by atoms with Crippen LogP contribution in [0, 0.1) is 0 Å². The summed E-state index contributed by atoms with van der Waals surface area (Å²) in [7, 11) is 0. The first kappa shape index (κ1) is 14.9. The second kappa shape index (κ2) is 5.85. The van der Waals surface area contributed by atoms with Gasteiger partial charge in [-0.2, -0.15) is 13.2 Å². The van der Waals surface area contributed by atoms with Gasteiger partial charge in [-0.1, -0.05) is 23.7 Å². The van der Waals surface area contributed by atoms with Crippen LogP contribution < -0.4 is 5.32 Å². The van der Waals surface area contributed by atoms with Gasteiger partial charge in [-0.3, -0.25) is 4.79 Å². The quantitative estimate of drug-likeness (QED) is 0.894. The van der Waals surface area contributed by atoms with Gasteiger partial charge < -0.3 is 5.32 Å². The summed E-state index contributed by atoms with van der Waals surface area (Å²) in [5.41, 5.74) is 0.856. The SMILES string of the molecule is O=C(NCC(F)(F)F)c1ccc(-c2ccc(Cl)cc2)s1. The molecule has 0 unspecified atom stereocenters. The van der Waals surface area contributed by atoms with Crippen molar-refractivity contribution in [3.63, 3.8) is 0 Å². The molecule has 1 aromatic heterocycles. The molecule has 20 heavy (non-hydrogen) atoms. The molecular weight excluding hydrogens is 311 g/mol. The highest BCUT2D eigenvalue weighted by molar-refractivity contribution is 7.17. The molecule has 2 aromatic rings. The van der Waals surface area contributed by atoms with Gasteiger partial charge in [-0.25, -0.2) is 0 Å². The second-order valence-corrected chi connectivity index (χ2v) is 5.49. The zero-order valence-electron chi connectivity index (χ0n) is 10.00. The fraction of sp³-hybridized carbons (Fsp3) is 0.154. The Hall–Kier alpha value is -1.53. The highest BCUT2D eigenvalue weighted by atomic mass is 35.5. The van der Waals surface area contributed by atoms with Crippen molar-refractivity contribution in [2.75, 3.05) is 6.54 Å². The highest BCUT2D eigenvalue weighted by Crippen LogP contribution is 2.29. The molecule has 0 fully saturated rings. The molecule has 0 aliphatic heterocycles. The Kier molecular flexibility index (Phi) is 4.35. The third kappa shape index (κ3) is 3.98. The summed E-state index contributed by atoms with van der Waals surface area (Å²) >= 11 is 6.90. The Labute approximate surface area is 122 Å². The van der Waals surface area contributed by atoms with E-state index in [1.165, 1.54) is 6.07 Å². The molecule has 1 amide bonds. The minimum Gasteiger partial charge on any atom is -0.342 e. The van der Waals surface area contributed by atoms with E-state index in [2.05, 4.69) is 0 Å². The van der Waals surface area contributed by atoms with Crippen molar-refractivity contribution < 1.29 is 18.0 Å². The van der Waals surface area contributed by atoms with E-state index in [-0.39, 0.29) is 4.88 Å². The number of amides is 1. The third-order valence-electron chi connectivity index (χ3n) is 2.41. The molecule has 0 saturated carbocycles. The van der Waals surface area contributed by atoms with Crippen molar-refractivity contribution >= 4 is 28.8 Å². The van der Waals surface area contributed by atoms with Gasteiger partial charge >= 0.3 is 6.18 Å². The molecule has 2 rings (SSSR count). The van der Waals surface area contributed by atoms with E-state index < -0.39 is 18.6 Å². The summed E-state index contributed by atoms with van der Waals surface area (Å²) in [5, 5.41) is 2.43. The summed E-state index contributed by atoms with van der Waals surface area (Å²) in [6.45, 7) is -1.33. The minimum absolute atomic E-state index is 0.235. The Morgan fingerprint density at radius 1 is 1.15 bits per heavy atom. The molecule has 0 atom stereocenters. The van der Waals surface area contributed by atoms with Crippen LogP contribution in [-0.2, 0) is 0 Å². The second-order valence-electron chi connectivity index (χ2n) is 3.97. The number of benzene rings is 1. The van der Waals surface area contributed by atoms with Gasteiger partial charge in [0.15, 0.2) is 0 Å². The van der Waals surface area contributed by atoms with E-state index in [1.807, 2.05) is 5.32 Å². The molecule has 1 heterocycles. The summed E-state index contributed by atoms with van der Waals surface area (Å²) in [6, 6.07) is 10.2. The molecule has 0 aliphatic rings. The van der Waals surface area contributed by atoms with Crippen molar-refractivity contribution in [3.05, 3.63) is 46.3 Å². The van der Waals surface area contributed by atoms with Crippen LogP contribution in [0.5, 0.6) is 0 Å². The van der Waals surface area contributed by atoms with E-state index in [4.69, 9.17) is 11.6 Å². The Bertz CT molecular complexity index is 607. The molecular formula is C13H9ClF3NOS. The summed E-state index contributed by atoms with van der Waals surface area (Å²) in [5.74, 6) is -0.729. The standard InChI is InChI=1S/C13H9ClF3NOS/c14-9-3-1-8(2-4-9)10-5-6-11(20-10)12(19)18-7-13(15,16)17/h1-6H,7H2,(H,18,19). The van der Waals surface area contributed by atoms with E-state index in [0.717, 1.165) is 21.8 Å². The van der Waals surface area contributed by atoms with Crippen molar-refractivity contribution in [1.82, 2.24) is 5.32 Å². The molecule has 1 N–H and O–H groups in total. The number of hydrogen-bond donors (Lipinski definition) is 1. The molecule has 0 spiro atoms. The molecule has 1 aromatic carbocycles. The van der Waals surface area contributed by atoms with Crippen molar-refractivity contribution in [1.29, 1.82) is 0 Å². The third-order valence-corrected chi connectivity index (χ3v) is 3.79. The zero-order valence-corrected chi connectivity index (χ0v) is 11.6. The molecule has 0 radical (unpaired) electrons. The Balaban J connectivity index is 2.09. The first-order valence-corrected chi connectivity index (χ1v) is 6.75. The van der Waals surface area contributed by atoms with Gasteiger partial charge in [0.25, 0.3) is 5.91 Å². The van der Waals surface area contributed by atoms with Crippen LogP contribution in [0.15, 0.2) is 36.4 Å². The lowest BCUT2D eigenvalue weighted by Crippen LogP contribution is -2.33. The lowest BCUT2D eigenvalue weighted by atomic mass is 10.2. The fourth-order valence-electron chi connectivity index (χ4n) is 1.50. The van der Waals surface area contributed by atoms with Crippen LogP contribution in [0.2, 0.25) is 5.02 Å². The van der Waals surface area contributed by atoms with Gasteiger partial charge in [0, 0.05) is 9.90 Å². The van der Waals surface area contributed by atoms with Crippen LogP contribution in [0.1, 0.15) is 9.67 Å². The van der Waals surface area contributed by atoms with Gasteiger partial charge in [-0.15, -0.1) is 11.3 Å². The number of thiophene rings is 1. The Morgan fingerprint density at radius 2 is 1.80 bits per heavy atom. The van der Waals surface area contributed by atoms with Crippen LogP contribution in [0.25, 0.3) is 10.4 Å². The lowest BCUT2D eigenvalue weighted by Gasteiger charge is -2.06. The molecule has 0 aliphatic carbocycles. The highest BCUT2D eigenvalue weighted by Gasteiger charge is 2.28. The summed E-state index contributed by atoms with van der Waals surface area (Å²) in [6.07, 6.45) is -4.41. The molecule has 7 heteroatoms. The van der Waals surface area contributed by atoms with E-state index in [9.17, 15) is 18.0 Å². The minimum atomic E-state index is -4.41. The number of nitrogens with one attached hydrogen (secondary N) is 1.